The molecule has 0 spiro atoms. The molecule has 1 atom stereocenters. The van der Waals surface area contributed by atoms with Crippen molar-refractivity contribution in [1.82, 2.24) is 4.98 Å². The molecule has 2 nitrogen and oxygen atoms in total. The Balaban J connectivity index is 2.80. The Morgan fingerprint density at radius 3 is 2.67 bits per heavy atom. The van der Waals surface area contributed by atoms with E-state index in [0.29, 0.717) is 21.3 Å². The Bertz CT molecular complexity index is 332. The molecule has 1 aromatic heterocycles. The molecule has 0 fully saturated rings. The van der Waals surface area contributed by atoms with Gasteiger partial charge in [0.15, 0.2) is 0 Å². The quantitative estimate of drug-likeness (QED) is 0.873. The van der Waals surface area contributed by atoms with E-state index in [2.05, 4.69) is 20.9 Å². The monoisotopic (exact) mass is 300 g/mol. The van der Waals surface area contributed by atoms with Gasteiger partial charge in [-0.2, -0.15) is 13.2 Å². The molecular weight excluding hydrogens is 293 g/mol. The SMILES string of the molecule is NCC(Sc1ncccc1Br)C(F)(F)F. The van der Waals surface area contributed by atoms with E-state index in [-0.39, 0.29) is 0 Å². The summed E-state index contributed by atoms with van der Waals surface area (Å²) in [5, 5.41) is -1.33. The van der Waals surface area contributed by atoms with E-state index in [4.69, 9.17) is 5.73 Å². The third kappa shape index (κ3) is 3.66. The van der Waals surface area contributed by atoms with E-state index in [9.17, 15) is 13.2 Å². The van der Waals surface area contributed by atoms with Gasteiger partial charge in [0.25, 0.3) is 0 Å². The van der Waals surface area contributed by atoms with Crippen molar-refractivity contribution in [2.75, 3.05) is 6.54 Å². The van der Waals surface area contributed by atoms with Crippen LogP contribution in [0, 0.1) is 0 Å². The lowest BCUT2D eigenvalue weighted by atomic mass is 10.4. The predicted octanol–water partition coefficient (Wildman–Crippen LogP) is 2.83. The maximum Gasteiger partial charge on any atom is 0.402 e. The molecule has 0 bridgehead atoms. The first-order valence-electron chi connectivity index (χ1n) is 3.99. The van der Waals surface area contributed by atoms with Crippen molar-refractivity contribution in [3.05, 3.63) is 22.8 Å². The average molecular weight is 301 g/mol. The molecule has 1 heterocycles. The minimum atomic E-state index is -4.31. The Labute approximate surface area is 97.6 Å². The van der Waals surface area contributed by atoms with Gasteiger partial charge in [0.2, 0.25) is 0 Å². The topological polar surface area (TPSA) is 38.9 Å². The summed E-state index contributed by atoms with van der Waals surface area (Å²) in [5.41, 5.74) is 5.07. The van der Waals surface area contributed by atoms with Gasteiger partial charge in [0.1, 0.15) is 10.3 Å². The zero-order valence-corrected chi connectivity index (χ0v) is 9.86. The zero-order valence-electron chi connectivity index (χ0n) is 7.46. The average Bonchev–Trinajstić information content (AvgIpc) is 2.14. The number of aromatic nitrogens is 1. The first-order chi connectivity index (χ1) is 6.95. The molecule has 0 aliphatic rings. The van der Waals surface area contributed by atoms with Crippen LogP contribution in [0.2, 0.25) is 0 Å². The van der Waals surface area contributed by atoms with E-state index < -0.39 is 18.0 Å². The number of hydrogen-bond donors (Lipinski definition) is 1. The largest absolute Gasteiger partial charge is 0.402 e. The maximum atomic E-state index is 12.4. The van der Waals surface area contributed by atoms with Crippen molar-refractivity contribution < 1.29 is 13.2 Å². The van der Waals surface area contributed by atoms with Gasteiger partial charge in [-0.3, -0.25) is 0 Å². The van der Waals surface area contributed by atoms with Crippen molar-refractivity contribution >= 4 is 27.7 Å². The van der Waals surface area contributed by atoms with Crippen molar-refractivity contribution in [3.8, 4) is 0 Å². The molecular formula is C8H8BrF3N2S. The van der Waals surface area contributed by atoms with Crippen LogP contribution >= 0.6 is 27.7 Å². The fraction of sp³-hybridized carbons (Fsp3) is 0.375. The second-order valence-electron chi connectivity index (χ2n) is 2.67. The first kappa shape index (κ1) is 12.8. The molecule has 84 valence electrons. The summed E-state index contributed by atoms with van der Waals surface area (Å²) in [6.45, 7) is -0.461. The highest BCUT2D eigenvalue weighted by atomic mass is 79.9. The lowest BCUT2D eigenvalue weighted by molar-refractivity contribution is -0.126. The van der Waals surface area contributed by atoms with Crippen molar-refractivity contribution in [3.63, 3.8) is 0 Å². The molecule has 1 aromatic rings. The van der Waals surface area contributed by atoms with Gasteiger partial charge < -0.3 is 5.73 Å². The summed E-state index contributed by atoms with van der Waals surface area (Å²) in [7, 11) is 0. The Morgan fingerprint density at radius 1 is 1.53 bits per heavy atom. The number of rotatable bonds is 3. The molecule has 15 heavy (non-hydrogen) atoms. The van der Waals surface area contributed by atoms with Gasteiger partial charge in [-0.1, -0.05) is 11.8 Å². The van der Waals surface area contributed by atoms with E-state index >= 15 is 0 Å². The fourth-order valence-corrected chi connectivity index (χ4v) is 2.18. The van der Waals surface area contributed by atoms with Crippen LogP contribution in [-0.4, -0.2) is 23.0 Å². The molecule has 0 aliphatic carbocycles. The van der Waals surface area contributed by atoms with E-state index in [1.165, 1.54) is 6.20 Å². The van der Waals surface area contributed by atoms with Crippen LogP contribution in [0.5, 0.6) is 0 Å². The van der Waals surface area contributed by atoms with Gasteiger partial charge >= 0.3 is 6.18 Å². The number of thioether (sulfide) groups is 1. The fourth-order valence-electron chi connectivity index (χ4n) is 0.841. The molecule has 1 rings (SSSR count). The highest BCUT2D eigenvalue weighted by Gasteiger charge is 2.39. The molecule has 7 heteroatoms. The maximum absolute atomic E-state index is 12.4. The number of hydrogen-bond acceptors (Lipinski definition) is 3. The number of alkyl halides is 3. The van der Waals surface area contributed by atoms with Crippen LogP contribution in [-0.2, 0) is 0 Å². The normalized spacial score (nSPS) is 13.9. The zero-order chi connectivity index (χ0) is 11.5. The smallest absolute Gasteiger partial charge is 0.329 e. The summed E-state index contributed by atoms with van der Waals surface area (Å²) in [6.07, 6.45) is -2.87. The van der Waals surface area contributed by atoms with Crippen LogP contribution < -0.4 is 5.73 Å². The summed E-state index contributed by atoms with van der Waals surface area (Å²) in [6, 6.07) is 3.28. The van der Waals surface area contributed by atoms with E-state index in [1.807, 2.05) is 0 Å². The van der Waals surface area contributed by atoms with Crippen LogP contribution in [0.25, 0.3) is 0 Å². The lowest BCUT2D eigenvalue weighted by Gasteiger charge is -2.17. The van der Waals surface area contributed by atoms with Crippen LogP contribution in [0.4, 0.5) is 13.2 Å². The molecule has 0 aromatic carbocycles. The Morgan fingerprint density at radius 2 is 2.20 bits per heavy atom. The highest BCUT2D eigenvalue weighted by Crippen LogP contribution is 2.36. The Kier molecular flexibility index (Phi) is 4.42. The van der Waals surface area contributed by atoms with Gasteiger partial charge in [-0.25, -0.2) is 4.98 Å². The van der Waals surface area contributed by atoms with Crippen LogP contribution in [0.1, 0.15) is 0 Å². The third-order valence-electron chi connectivity index (χ3n) is 1.56. The number of nitrogens with zero attached hydrogens (tertiary/aromatic N) is 1. The van der Waals surface area contributed by atoms with E-state index in [0.717, 1.165) is 0 Å². The number of nitrogens with two attached hydrogens (primary N) is 1. The molecule has 0 saturated heterocycles. The second kappa shape index (κ2) is 5.18. The third-order valence-corrected chi connectivity index (χ3v) is 3.75. The molecule has 0 amide bonds. The van der Waals surface area contributed by atoms with Gasteiger partial charge in [0.05, 0.1) is 0 Å². The molecule has 0 saturated carbocycles. The summed E-state index contributed by atoms with van der Waals surface area (Å²) in [5.74, 6) is 0. The highest BCUT2D eigenvalue weighted by molar-refractivity contribution is 9.10. The predicted molar refractivity (Wildman–Crippen MR) is 56.7 cm³/mol. The summed E-state index contributed by atoms with van der Waals surface area (Å²) >= 11 is 3.74. The lowest BCUT2D eigenvalue weighted by Crippen LogP contribution is -2.33. The number of halogens is 4. The number of pyridine rings is 1. The first-order valence-corrected chi connectivity index (χ1v) is 5.66. The van der Waals surface area contributed by atoms with Gasteiger partial charge in [-0.05, 0) is 28.1 Å². The molecule has 1 unspecified atom stereocenters. The summed E-state index contributed by atoms with van der Waals surface area (Å²) in [4.78, 5) is 3.84. The molecule has 2 N–H and O–H groups in total. The van der Waals surface area contributed by atoms with Crippen molar-refractivity contribution in [1.29, 1.82) is 0 Å². The minimum absolute atomic E-state index is 0.297. The summed E-state index contributed by atoms with van der Waals surface area (Å²) < 4.78 is 37.7. The minimum Gasteiger partial charge on any atom is -0.329 e. The second-order valence-corrected chi connectivity index (χ2v) is 4.72. The van der Waals surface area contributed by atoms with Gasteiger partial charge in [-0.15, -0.1) is 0 Å². The molecule has 0 aliphatic heterocycles. The standard InChI is InChI=1S/C8H8BrF3N2S/c9-5-2-1-3-14-7(5)15-6(4-13)8(10,11)12/h1-3,6H,4,13H2. The van der Waals surface area contributed by atoms with Crippen molar-refractivity contribution in [2.45, 2.75) is 16.5 Å². The van der Waals surface area contributed by atoms with Crippen LogP contribution in [0.3, 0.4) is 0 Å². The Hall–Kier alpha value is -0.270. The van der Waals surface area contributed by atoms with Gasteiger partial charge in [0, 0.05) is 17.2 Å². The molecule has 0 radical (unpaired) electrons. The van der Waals surface area contributed by atoms with E-state index in [1.54, 1.807) is 12.1 Å². The van der Waals surface area contributed by atoms with Crippen molar-refractivity contribution in [2.24, 2.45) is 5.73 Å². The van der Waals surface area contributed by atoms with Crippen LogP contribution in [0.15, 0.2) is 27.8 Å².